The van der Waals surface area contributed by atoms with E-state index in [1.807, 2.05) is 52.0 Å². The minimum Gasteiger partial charge on any atom is -0.322 e. The summed E-state index contributed by atoms with van der Waals surface area (Å²) in [6, 6.07) is 18.8. The van der Waals surface area contributed by atoms with E-state index >= 15 is 0 Å². The molecular weight excluding hydrogens is 499 g/mol. The van der Waals surface area contributed by atoms with Crippen LogP contribution in [-0.4, -0.2) is 11.6 Å². The number of anilines is 1. The highest BCUT2D eigenvalue weighted by Gasteiger charge is 2.11. The lowest BCUT2D eigenvalue weighted by atomic mass is 10.0. The summed E-state index contributed by atoms with van der Waals surface area (Å²) in [7, 11) is 0. The standard InChI is InChI=1S/C15H13Cl2NO.C12H15N.C3H6.C2H6/c1-2-10-4-3-5-12(8-10)18-15(19)13-7-6-11(16)9-14(13)17;1-5-13-11(4)12-8-6-7-9(2)10(12)3;1-3-2;1-2/h3-9H,2H2,1H3,(H,18,19);5-8H,1H2,2-4H3;3H,1H2,2H3;1-2H3. The molecule has 37 heavy (non-hydrogen) atoms. The summed E-state index contributed by atoms with van der Waals surface area (Å²) >= 11 is 11.8. The number of carbonyl (C=O) groups is 1. The fourth-order valence-electron chi connectivity index (χ4n) is 3.09. The number of nitrogens with one attached hydrogen (secondary N) is 1. The molecule has 198 valence electrons. The monoisotopic (exact) mass is 538 g/mol. The molecule has 0 saturated carbocycles. The van der Waals surface area contributed by atoms with Gasteiger partial charge in [-0.2, -0.15) is 0 Å². The second-order valence-electron chi connectivity index (χ2n) is 7.69. The molecule has 3 aromatic carbocycles. The molecule has 1 amide bonds. The number of amides is 1. The average molecular weight is 540 g/mol. The lowest BCUT2D eigenvalue weighted by Crippen LogP contribution is -2.12. The zero-order valence-corrected chi connectivity index (χ0v) is 24.7. The van der Waals surface area contributed by atoms with E-state index < -0.39 is 0 Å². The van der Waals surface area contributed by atoms with Crippen molar-refractivity contribution >= 4 is 40.5 Å². The van der Waals surface area contributed by atoms with Crippen molar-refractivity contribution in [3.63, 3.8) is 0 Å². The Hall–Kier alpha value is -3.14. The molecule has 0 aromatic heterocycles. The fourth-order valence-corrected chi connectivity index (χ4v) is 3.58. The second-order valence-corrected chi connectivity index (χ2v) is 8.53. The highest BCUT2D eigenvalue weighted by Crippen LogP contribution is 2.22. The summed E-state index contributed by atoms with van der Waals surface area (Å²) in [4.78, 5) is 16.3. The van der Waals surface area contributed by atoms with Gasteiger partial charge in [-0.1, -0.05) is 87.0 Å². The van der Waals surface area contributed by atoms with Crippen molar-refractivity contribution in [3.05, 3.63) is 124 Å². The van der Waals surface area contributed by atoms with Crippen LogP contribution in [-0.2, 0) is 6.42 Å². The summed E-state index contributed by atoms with van der Waals surface area (Å²) in [6.45, 7) is 21.1. The van der Waals surface area contributed by atoms with Crippen LogP contribution in [0.1, 0.15) is 67.2 Å². The molecule has 3 nitrogen and oxygen atoms in total. The maximum Gasteiger partial charge on any atom is 0.257 e. The van der Waals surface area contributed by atoms with Crippen LogP contribution in [0.2, 0.25) is 10.0 Å². The molecular formula is C32H40Cl2N2O. The first-order valence-corrected chi connectivity index (χ1v) is 13.1. The third-order valence-corrected chi connectivity index (χ3v) is 5.60. The number of aliphatic imine (C=N–C) groups is 1. The Morgan fingerprint density at radius 2 is 1.59 bits per heavy atom. The maximum atomic E-state index is 12.1. The summed E-state index contributed by atoms with van der Waals surface area (Å²) in [6.07, 6.45) is 4.25. The first-order valence-electron chi connectivity index (χ1n) is 12.3. The molecule has 0 heterocycles. The minimum atomic E-state index is -0.241. The van der Waals surface area contributed by atoms with Gasteiger partial charge in [0.15, 0.2) is 0 Å². The fraction of sp³-hybridized carbons (Fsp3) is 0.250. The van der Waals surface area contributed by atoms with Gasteiger partial charge in [0.2, 0.25) is 0 Å². The highest BCUT2D eigenvalue weighted by molar-refractivity contribution is 6.37. The van der Waals surface area contributed by atoms with E-state index in [1.54, 1.807) is 30.5 Å². The van der Waals surface area contributed by atoms with Gasteiger partial charge < -0.3 is 5.32 Å². The highest BCUT2D eigenvalue weighted by atomic mass is 35.5. The number of allylic oxidation sites excluding steroid dienone is 1. The number of nitrogens with zero attached hydrogens (tertiary/aromatic N) is 1. The number of carbonyl (C=O) groups excluding carboxylic acids is 1. The molecule has 5 heteroatoms. The van der Waals surface area contributed by atoms with Crippen LogP contribution in [0.3, 0.4) is 0 Å². The third-order valence-electron chi connectivity index (χ3n) is 5.05. The van der Waals surface area contributed by atoms with Crippen molar-refractivity contribution < 1.29 is 4.79 Å². The molecule has 0 radical (unpaired) electrons. The van der Waals surface area contributed by atoms with Crippen molar-refractivity contribution in [1.29, 1.82) is 0 Å². The molecule has 0 fully saturated rings. The number of rotatable bonds is 5. The number of benzene rings is 3. The molecule has 0 unspecified atom stereocenters. The van der Waals surface area contributed by atoms with Gasteiger partial charge in [0.1, 0.15) is 0 Å². The first-order chi connectivity index (χ1) is 17.7. The molecule has 0 aliphatic heterocycles. The van der Waals surface area contributed by atoms with Crippen molar-refractivity contribution in [2.75, 3.05) is 5.32 Å². The molecule has 0 aliphatic carbocycles. The molecule has 3 aromatic rings. The number of halogens is 2. The SMILES string of the molecule is C=CC.C=CN=C(C)c1cccc(C)c1C.CC.CCc1cccc(NC(=O)c2ccc(Cl)cc2Cl)c1. The summed E-state index contributed by atoms with van der Waals surface area (Å²) < 4.78 is 0. The smallest absolute Gasteiger partial charge is 0.257 e. The lowest BCUT2D eigenvalue weighted by molar-refractivity contribution is 0.102. The molecule has 0 aliphatic rings. The summed E-state index contributed by atoms with van der Waals surface area (Å²) in [5.41, 5.74) is 7.17. The van der Waals surface area contributed by atoms with Crippen LogP contribution in [0.15, 0.2) is 91.1 Å². The van der Waals surface area contributed by atoms with Crippen LogP contribution in [0.5, 0.6) is 0 Å². The van der Waals surface area contributed by atoms with Gasteiger partial charge in [-0.15, -0.1) is 6.58 Å². The topological polar surface area (TPSA) is 41.5 Å². The molecule has 0 atom stereocenters. The van der Waals surface area contributed by atoms with Gasteiger partial charge in [0.05, 0.1) is 10.6 Å². The van der Waals surface area contributed by atoms with Gasteiger partial charge in [-0.25, -0.2) is 0 Å². The zero-order chi connectivity index (χ0) is 28.4. The Kier molecular flexibility index (Phi) is 17.4. The van der Waals surface area contributed by atoms with Crippen molar-refractivity contribution in [3.8, 4) is 0 Å². The predicted molar refractivity (Wildman–Crippen MR) is 166 cm³/mol. The van der Waals surface area contributed by atoms with Gasteiger partial charge in [0, 0.05) is 22.6 Å². The number of hydrogen-bond donors (Lipinski definition) is 1. The Labute approximate surface area is 234 Å². The third kappa shape index (κ3) is 12.1. The number of aryl methyl sites for hydroxylation is 2. The van der Waals surface area contributed by atoms with Crippen molar-refractivity contribution in [2.24, 2.45) is 4.99 Å². The first kappa shape index (κ1) is 33.9. The van der Waals surface area contributed by atoms with E-state index in [-0.39, 0.29) is 5.91 Å². The largest absolute Gasteiger partial charge is 0.322 e. The molecule has 0 bridgehead atoms. The summed E-state index contributed by atoms with van der Waals surface area (Å²) in [5.74, 6) is -0.241. The van der Waals surface area contributed by atoms with Crippen LogP contribution in [0, 0.1) is 13.8 Å². The minimum absolute atomic E-state index is 0.241. The zero-order valence-electron chi connectivity index (χ0n) is 23.2. The van der Waals surface area contributed by atoms with E-state index in [1.165, 1.54) is 22.3 Å². The van der Waals surface area contributed by atoms with E-state index in [0.717, 1.165) is 17.8 Å². The molecule has 3 rings (SSSR count). The van der Waals surface area contributed by atoms with Crippen LogP contribution in [0.4, 0.5) is 5.69 Å². The molecule has 0 spiro atoms. The van der Waals surface area contributed by atoms with Gasteiger partial charge >= 0.3 is 0 Å². The Morgan fingerprint density at radius 3 is 2.16 bits per heavy atom. The second kappa shape index (κ2) is 19.0. The average Bonchev–Trinajstić information content (AvgIpc) is 2.88. The van der Waals surface area contributed by atoms with E-state index in [0.29, 0.717) is 15.6 Å². The number of hydrogen-bond acceptors (Lipinski definition) is 2. The van der Waals surface area contributed by atoms with Crippen LogP contribution >= 0.6 is 23.2 Å². The predicted octanol–water partition coefficient (Wildman–Crippen LogP) is 10.3. The molecule has 1 N–H and O–H groups in total. The molecule has 0 saturated heterocycles. The van der Waals surface area contributed by atoms with Gasteiger partial charge in [-0.05, 0) is 86.7 Å². The Balaban J connectivity index is 0.000000626. The quantitative estimate of drug-likeness (QED) is 0.254. The summed E-state index contributed by atoms with van der Waals surface area (Å²) in [5, 5.41) is 3.68. The maximum absolute atomic E-state index is 12.1. The van der Waals surface area contributed by atoms with E-state index in [2.05, 4.69) is 62.4 Å². The van der Waals surface area contributed by atoms with Crippen molar-refractivity contribution in [1.82, 2.24) is 0 Å². The normalized spacial score (nSPS) is 9.81. The van der Waals surface area contributed by atoms with Crippen molar-refractivity contribution in [2.45, 2.75) is 54.9 Å². The van der Waals surface area contributed by atoms with Gasteiger partial charge in [0.25, 0.3) is 5.91 Å². The van der Waals surface area contributed by atoms with E-state index in [4.69, 9.17) is 23.2 Å². The van der Waals surface area contributed by atoms with E-state index in [9.17, 15) is 4.79 Å². The van der Waals surface area contributed by atoms with Gasteiger partial charge in [-0.3, -0.25) is 9.79 Å². The Bertz CT molecular complexity index is 1180. The van der Waals surface area contributed by atoms with Crippen LogP contribution in [0.25, 0.3) is 0 Å². The Morgan fingerprint density at radius 1 is 0.973 bits per heavy atom. The van der Waals surface area contributed by atoms with Crippen LogP contribution < -0.4 is 5.32 Å². The lowest BCUT2D eigenvalue weighted by Gasteiger charge is -2.08.